The fourth-order valence-corrected chi connectivity index (χ4v) is 3.75. The molecule has 0 aliphatic carbocycles. The molecule has 6 heteroatoms. The van der Waals surface area contributed by atoms with E-state index in [4.69, 9.17) is 0 Å². The topological polar surface area (TPSA) is 65.5 Å². The van der Waals surface area contributed by atoms with Crippen LogP contribution in [0.15, 0.2) is 29.3 Å². The van der Waals surface area contributed by atoms with Gasteiger partial charge in [-0.3, -0.25) is 4.79 Å². The minimum Gasteiger partial charge on any atom is -0.357 e. The van der Waals surface area contributed by atoms with Crippen LogP contribution in [0.4, 0.5) is 0 Å². The van der Waals surface area contributed by atoms with Crippen molar-refractivity contribution in [3.8, 4) is 0 Å². The summed E-state index contributed by atoms with van der Waals surface area (Å²) in [5.74, 6) is 2.10. The third-order valence-electron chi connectivity index (χ3n) is 3.84. The van der Waals surface area contributed by atoms with Crippen molar-refractivity contribution >= 4 is 23.6 Å². The molecule has 1 amide bonds. The largest absolute Gasteiger partial charge is 0.357 e. The number of thioether (sulfide) groups is 1. The average Bonchev–Trinajstić information content (AvgIpc) is 3.11. The van der Waals surface area contributed by atoms with E-state index < -0.39 is 0 Å². The maximum atomic E-state index is 11.8. The molecule has 1 aliphatic heterocycles. The van der Waals surface area contributed by atoms with Crippen molar-refractivity contribution < 1.29 is 4.79 Å². The van der Waals surface area contributed by atoms with E-state index in [9.17, 15) is 4.79 Å². The van der Waals surface area contributed by atoms with Gasteiger partial charge in [-0.1, -0.05) is 12.1 Å². The number of rotatable bonds is 7. The molecule has 1 saturated heterocycles. The molecule has 1 fully saturated rings. The van der Waals surface area contributed by atoms with Gasteiger partial charge >= 0.3 is 0 Å². The monoisotopic (exact) mass is 348 g/mol. The Morgan fingerprint density at radius 3 is 2.54 bits per heavy atom. The van der Waals surface area contributed by atoms with E-state index in [1.807, 2.05) is 43.0 Å². The van der Waals surface area contributed by atoms with Crippen molar-refractivity contribution in [2.75, 3.05) is 25.4 Å². The summed E-state index contributed by atoms with van der Waals surface area (Å²) in [6, 6.07) is 7.63. The van der Waals surface area contributed by atoms with E-state index >= 15 is 0 Å². The number of aliphatic imine (C=N–C) groups is 1. The maximum Gasteiger partial charge on any atom is 0.251 e. The Kier molecular flexibility index (Phi) is 7.95. The van der Waals surface area contributed by atoms with Crippen LogP contribution >= 0.6 is 11.8 Å². The fourth-order valence-electron chi connectivity index (χ4n) is 2.55. The van der Waals surface area contributed by atoms with Crippen molar-refractivity contribution in [2.24, 2.45) is 4.99 Å². The van der Waals surface area contributed by atoms with E-state index in [1.165, 1.54) is 18.6 Å². The lowest BCUT2D eigenvalue weighted by atomic mass is 10.1. The van der Waals surface area contributed by atoms with E-state index in [0.29, 0.717) is 23.9 Å². The molecule has 1 atom stereocenters. The van der Waals surface area contributed by atoms with E-state index in [1.54, 1.807) is 0 Å². The molecule has 0 aromatic heterocycles. The van der Waals surface area contributed by atoms with Crippen molar-refractivity contribution in [1.29, 1.82) is 0 Å². The molecule has 24 heavy (non-hydrogen) atoms. The Morgan fingerprint density at radius 1 is 1.17 bits per heavy atom. The molecular formula is C18H28N4OS. The summed E-state index contributed by atoms with van der Waals surface area (Å²) in [6.07, 6.45) is 2.61. The third kappa shape index (κ3) is 6.07. The molecule has 132 valence electrons. The highest BCUT2D eigenvalue weighted by Gasteiger charge is 2.15. The quantitative estimate of drug-likeness (QED) is 0.523. The van der Waals surface area contributed by atoms with Gasteiger partial charge in [0.05, 0.1) is 6.54 Å². The van der Waals surface area contributed by atoms with Crippen LogP contribution in [0.5, 0.6) is 0 Å². The normalized spacial score (nSPS) is 17.6. The summed E-state index contributed by atoms with van der Waals surface area (Å²) in [7, 11) is 0. The highest BCUT2D eigenvalue weighted by molar-refractivity contribution is 8.00. The Bertz CT molecular complexity index is 538. The summed E-state index contributed by atoms with van der Waals surface area (Å²) in [6.45, 7) is 7.04. The molecule has 0 spiro atoms. The van der Waals surface area contributed by atoms with Crippen LogP contribution in [0.3, 0.4) is 0 Å². The molecule has 0 radical (unpaired) electrons. The molecule has 1 aliphatic rings. The second kappa shape index (κ2) is 10.2. The summed E-state index contributed by atoms with van der Waals surface area (Å²) in [5.41, 5.74) is 1.78. The molecular weight excluding hydrogens is 320 g/mol. The average molecular weight is 349 g/mol. The van der Waals surface area contributed by atoms with Gasteiger partial charge in [-0.15, -0.1) is 0 Å². The van der Waals surface area contributed by atoms with Gasteiger partial charge < -0.3 is 16.0 Å². The van der Waals surface area contributed by atoms with Gasteiger partial charge in [0.15, 0.2) is 5.96 Å². The van der Waals surface area contributed by atoms with Crippen molar-refractivity contribution in [3.63, 3.8) is 0 Å². The summed E-state index contributed by atoms with van der Waals surface area (Å²) in [5, 5.41) is 10.2. The molecule has 0 saturated carbocycles. The molecule has 1 heterocycles. The van der Waals surface area contributed by atoms with Gasteiger partial charge in [-0.25, -0.2) is 4.99 Å². The Morgan fingerprint density at radius 2 is 1.92 bits per heavy atom. The molecule has 1 unspecified atom stereocenters. The van der Waals surface area contributed by atoms with Gasteiger partial charge in [0.1, 0.15) is 0 Å². The summed E-state index contributed by atoms with van der Waals surface area (Å²) < 4.78 is 0. The minimum atomic E-state index is -0.0309. The Hall–Kier alpha value is -1.69. The van der Waals surface area contributed by atoms with Gasteiger partial charge in [0.25, 0.3) is 5.91 Å². The number of nitrogens with zero attached hydrogens (tertiary/aromatic N) is 1. The van der Waals surface area contributed by atoms with E-state index in [-0.39, 0.29) is 5.91 Å². The van der Waals surface area contributed by atoms with Crippen molar-refractivity contribution in [1.82, 2.24) is 16.0 Å². The summed E-state index contributed by atoms with van der Waals surface area (Å²) >= 11 is 2.04. The number of hydrogen-bond acceptors (Lipinski definition) is 3. The number of nitrogens with one attached hydrogen (secondary N) is 3. The van der Waals surface area contributed by atoms with Crippen LogP contribution in [0, 0.1) is 0 Å². The van der Waals surface area contributed by atoms with Gasteiger partial charge in [-0.05, 0) is 50.1 Å². The highest BCUT2D eigenvalue weighted by atomic mass is 32.2. The first-order valence-corrected chi connectivity index (χ1v) is 9.78. The number of benzene rings is 1. The Balaban J connectivity index is 1.88. The number of amides is 1. The molecule has 2 rings (SSSR count). The second-order valence-electron chi connectivity index (χ2n) is 5.77. The van der Waals surface area contributed by atoms with E-state index in [2.05, 4.69) is 27.9 Å². The summed E-state index contributed by atoms with van der Waals surface area (Å²) in [4.78, 5) is 16.4. The standard InChI is InChI=1S/C18H28N4OS/c1-3-19-17(23)15-9-7-14(8-10-15)12-21-18(20-4-2)22-13-16-6-5-11-24-16/h7-10,16H,3-6,11-13H2,1-2H3,(H,19,23)(H2,20,21,22). The molecule has 0 bridgehead atoms. The van der Waals surface area contributed by atoms with E-state index in [0.717, 1.165) is 24.6 Å². The third-order valence-corrected chi connectivity index (χ3v) is 5.24. The Labute approximate surface area is 149 Å². The zero-order valence-corrected chi connectivity index (χ0v) is 15.4. The molecule has 3 N–H and O–H groups in total. The van der Waals surface area contributed by atoms with Crippen LogP contribution in [0.2, 0.25) is 0 Å². The van der Waals surface area contributed by atoms with Crippen LogP contribution in [-0.2, 0) is 6.54 Å². The predicted octanol–water partition coefficient (Wildman–Crippen LogP) is 2.39. The number of hydrogen-bond donors (Lipinski definition) is 3. The van der Waals surface area contributed by atoms with Gasteiger partial charge in [0, 0.05) is 30.4 Å². The molecule has 5 nitrogen and oxygen atoms in total. The number of carbonyl (C=O) groups is 1. The highest BCUT2D eigenvalue weighted by Crippen LogP contribution is 2.25. The first kappa shape index (κ1) is 18.6. The zero-order valence-electron chi connectivity index (χ0n) is 14.6. The lowest BCUT2D eigenvalue weighted by Crippen LogP contribution is -2.40. The first-order chi connectivity index (χ1) is 11.7. The van der Waals surface area contributed by atoms with Crippen LogP contribution in [0.1, 0.15) is 42.6 Å². The van der Waals surface area contributed by atoms with Crippen LogP contribution in [0.25, 0.3) is 0 Å². The van der Waals surface area contributed by atoms with Gasteiger partial charge in [-0.2, -0.15) is 11.8 Å². The van der Waals surface area contributed by atoms with Crippen molar-refractivity contribution in [3.05, 3.63) is 35.4 Å². The molecule has 1 aromatic carbocycles. The number of guanidine groups is 1. The fraction of sp³-hybridized carbons (Fsp3) is 0.556. The molecule has 1 aromatic rings. The first-order valence-electron chi connectivity index (χ1n) is 8.73. The van der Waals surface area contributed by atoms with Crippen molar-refractivity contribution in [2.45, 2.75) is 38.5 Å². The zero-order chi connectivity index (χ0) is 17.2. The SMILES string of the molecule is CCNC(=O)c1ccc(CN=C(NCC)NCC2CCCS2)cc1. The second-order valence-corrected chi connectivity index (χ2v) is 7.18. The lowest BCUT2D eigenvalue weighted by Gasteiger charge is -2.14. The number of carbonyl (C=O) groups excluding carboxylic acids is 1. The van der Waals surface area contributed by atoms with Crippen LogP contribution < -0.4 is 16.0 Å². The van der Waals surface area contributed by atoms with Gasteiger partial charge in [0.2, 0.25) is 0 Å². The lowest BCUT2D eigenvalue weighted by molar-refractivity contribution is 0.0956. The predicted molar refractivity (Wildman–Crippen MR) is 103 cm³/mol. The van der Waals surface area contributed by atoms with Crippen LogP contribution in [-0.4, -0.2) is 42.5 Å². The maximum absolute atomic E-state index is 11.8. The minimum absolute atomic E-state index is 0.0309. The smallest absolute Gasteiger partial charge is 0.251 e.